The van der Waals surface area contributed by atoms with Crippen molar-refractivity contribution in [1.29, 1.82) is 5.26 Å². The number of carbonyl (C=O) groups excluding carboxylic acids is 4. The summed E-state index contributed by atoms with van der Waals surface area (Å²) in [6.45, 7) is 3.94. The molecule has 0 radical (unpaired) electrons. The zero-order chi connectivity index (χ0) is 40.4. The van der Waals surface area contributed by atoms with Crippen molar-refractivity contribution in [3.8, 4) is 17.6 Å². The van der Waals surface area contributed by atoms with E-state index in [-0.39, 0.29) is 49.9 Å². The van der Waals surface area contributed by atoms with Crippen LogP contribution in [-0.4, -0.2) is 73.2 Å². The predicted octanol–water partition coefficient (Wildman–Crippen LogP) is 1.32. The zero-order valence-corrected chi connectivity index (χ0v) is 31.3. The van der Waals surface area contributed by atoms with E-state index in [0.29, 0.717) is 16.2 Å². The van der Waals surface area contributed by atoms with Gasteiger partial charge in [-0.25, -0.2) is 9.59 Å². The van der Waals surface area contributed by atoms with E-state index in [0.717, 1.165) is 26.1 Å². The molecule has 0 atom stereocenters. The number of nitriles is 1. The van der Waals surface area contributed by atoms with Crippen LogP contribution in [-0.2, 0) is 60.2 Å². The van der Waals surface area contributed by atoms with Gasteiger partial charge in [-0.3, -0.25) is 32.9 Å². The maximum Gasteiger partial charge on any atom is 0.333 e. The number of fused-ring (bicyclic) bond motifs is 3. The van der Waals surface area contributed by atoms with Crippen molar-refractivity contribution in [3.63, 3.8) is 0 Å². The van der Waals surface area contributed by atoms with E-state index >= 15 is 0 Å². The molecule has 1 saturated heterocycles. The number of hydrogen-bond acceptors (Lipinski definition) is 11. The van der Waals surface area contributed by atoms with Crippen LogP contribution in [0.15, 0.2) is 58.3 Å². The van der Waals surface area contributed by atoms with Gasteiger partial charge in [-0.2, -0.15) is 18.2 Å². The molecule has 1 fully saturated rings. The number of aromatic nitrogens is 3. The molecule has 0 spiro atoms. The minimum absolute atomic E-state index is 0.0277. The highest BCUT2D eigenvalue weighted by Gasteiger charge is 2.44. The molecule has 0 bridgehead atoms. The molecule has 3 aromatic rings. The monoisotopic (exact) mass is 775 g/mol. The van der Waals surface area contributed by atoms with Crippen molar-refractivity contribution in [2.24, 2.45) is 14.1 Å². The normalized spacial score (nSPS) is 14.9. The number of aromatic hydroxyl groups is 1. The van der Waals surface area contributed by atoms with E-state index in [4.69, 9.17) is 4.84 Å². The molecule has 17 nitrogen and oxygen atoms in total. The van der Waals surface area contributed by atoms with Crippen LogP contribution in [0.3, 0.4) is 0 Å². The molecule has 288 valence electrons. The van der Waals surface area contributed by atoms with Crippen LogP contribution >= 0.6 is 0 Å². The van der Waals surface area contributed by atoms with E-state index in [1.165, 1.54) is 37.2 Å². The molecule has 2 aliphatic rings. The average Bonchev–Trinajstić information content (AvgIpc) is 3.57. The van der Waals surface area contributed by atoms with Crippen molar-refractivity contribution in [2.75, 3.05) is 12.3 Å². The highest BCUT2D eigenvalue weighted by atomic mass is 32.2. The van der Waals surface area contributed by atoms with Crippen LogP contribution < -0.4 is 15.8 Å². The molecule has 0 saturated carbocycles. The Balaban J connectivity index is 1.36. The van der Waals surface area contributed by atoms with Crippen molar-refractivity contribution >= 4 is 45.5 Å². The van der Waals surface area contributed by atoms with Crippen LogP contribution in [0.25, 0.3) is 17.3 Å². The first-order chi connectivity index (χ1) is 25.8. The summed E-state index contributed by atoms with van der Waals surface area (Å²) in [6.07, 6.45) is 5.01. The standard InChI is InChI=1S/C37H38N6O11S/c1-37(2)27-19-23(22-41(16-6-18-55(51,52)53)30(44)13-14-33(47)54-43-31(45)11-12-32(43)46)9-10-28(27)42-17-15-24(20-29(37)42)25(21-38)7-5-8-26-34(48)39(3)36(50)40(4)35(26)49/h5,7-10,15,17,19-20H,6,11-14,16,18,22H2,1-4H3,(H,51,52,53)/p+1. The molecule has 2 N–H and O–H groups in total. The Hall–Kier alpha value is -6.19. The summed E-state index contributed by atoms with van der Waals surface area (Å²) in [5.41, 5.74) is 1.97. The van der Waals surface area contributed by atoms with Gasteiger partial charge in [0.25, 0.3) is 27.5 Å². The maximum atomic E-state index is 13.4. The molecule has 55 heavy (non-hydrogen) atoms. The number of allylic oxidation sites excluding steroid dienone is 3. The van der Waals surface area contributed by atoms with Crippen LogP contribution in [0.2, 0.25) is 0 Å². The minimum atomic E-state index is -4.31. The zero-order valence-electron chi connectivity index (χ0n) is 30.5. The van der Waals surface area contributed by atoms with Crippen LogP contribution in [0.4, 0.5) is 0 Å². The number of benzene rings is 1. The van der Waals surface area contributed by atoms with Crippen molar-refractivity contribution in [1.82, 2.24) is 19.1 Å². The lowest BCUT2D eigenvalue weighted by Gasteiger charge is -2.23. The first-order valence-corrected chi connectivity index (χ1v) is 18.7. The van der Waals surface area contributed by atoms with Gasteiger partial charge in [-0.05, 0) is 44.1 Å². The van der Waals surface area contributed by atoms with Gasteiger partial charge in [0.2, 0.25) is 17.5 Å². The van der Waals surface area contributed by atoms with Gasteiger partial charge in [0.05, 0.1) is 29.2 Å². The smallest absolute Gasteiger partial charge is 0.333 e. The fraction of sp³-hybridized carbons (Fsp3) is 0.351. The summed E-state index contributed by atoms with van der Waals surface area (Å²) in [4.78, 5) is 80.2. The van der Waals surface area contributed by atoms with E-state index in [9.17, 15) is 52.1 Å². The molecule has 1 aromatic carbocycles. The molecule has 18 heteroatoms. The summed E-state index contributed by atoms with van der Waals surface area (Å²) in [5.74, 6) is -3.89. The molecule has 4 heterocycles. The summed E-state index contributed by atoms with van der Waals surface area (Å²) in [6, 6.07) is 11.4. The lowest BCUT2D eigenvalue weighted by atomic mass is 9.82. The molecular formula is C37H39N6O11S+. The van der Waals surface area contributed by atoms with Gasteiger partial charge in [-0.1, -0.05) is 12.1 Å². The molecule has 0 aliphatic carbocycles. The first-order valence-electron chi connectivity index (χ1n) is 17.1. The molecule has 3 amide bonds. The van der Waals surface area contributed by atoms with E-state index in [1.54, 1.807) is 12.1 Å². The topological polar surface area (TPSA) is 230 Å². The highest BCUT2D eigenvalue weighted by molar-refractivity contribution is 7.85. The largest absolute Gasteiger partial charge is 0.494 e. The van der Waals surface area contributed by atoms with Gasteiger partial charge in [-0.15, -0.1) is 5.06 Å². The minimum Gasteiger partial charge on any atom is -0.494 e. The van der Waals surface area contributed by atoms with E-state index in [2.05, 4.69) is 6.07 Å². The van der Waals surface area contributed by atoms with Gasteiger partial charge < -0.3 is 14.8 Å². The third-order valence-electron chi connectivity index (χ3n) is 9.51. The molecule has 0 unspecified atom stereocenters. The van der Waals surface area contributed by atoms with Crippen LogP contribution in [0, 0.1) is 11.3 Å². The summed E-state index contributed by atoms with van der Waals surface area (Å²) in [5, 5.41) is 20.8. The number of amides is 3. The lowest BCUT2D eigenvalue weighted by molar-refractivity contribution is -0.599. The Morgan fingerprint density at radius 3 is 2.40 bits per heavy atom. The van der Waals surface area contributed by atoms with Gasteiger partial charge in [0, 0.05) is 75.8 Å². The Labute approximate surface area is 315 Å². The Bertz CT molecular complexity index is 2440. The Morgan fingerprint density at radius 1 is 1.05 bits per heavy atom. The number of pyridine rings is 1. The molecule has 5 rings (SSSR count). The van der Waals surface area contributed by atoms with Gasteiger partial charge >= 0.3 is 11.7 Å². The lowest BCUT2D eigenvalue weighted by Crippen LogP contribution is -2.37. The number of carbonyl (C=O) groups is 4. The van der Waals surface area contributed by atoms with E-state index < -0.39 is 68.5 Å². The number of imide groups is 1. The Kier molecular flexibility index (Phi) is 11.4. The van der Waals surface area contributed by atoms with Crippen molar-refractivity contribution in [3.05, 3.63) is 97.5 Å². The second-order valence-electron chi connectivity index (χ2n) is 13.6. The maximum absolute atomic E-state index is 13.4. The van der Waals surface area contributed by atoms with Gasteiger partial charge in [0.1, 0.15) is 5.56 Å². The van der Waals surface area contributed by atoms with Crippen LogP contribution in [0.5, 0.6) is 5.88 Å². The molecular weight excluding hydrogens is 737 g/mol. The summed E-state index contributed by atoms with van der Waals surface area (Å²) in [7, 11) is -1.69. The number of hydrogen-bond donors (Lipinski definition) is 2. The summed E-state index contributed by atoms with van der Waals surface area (Å²) >= 11 is 0. The molecule has 2 aromatic heterocycles. The fourth-order valence-electron chi connectivity index (χ4n) is 6.46. The first kappa shape index (κ1) is 40.0. The third kappa shape index (κ3) is 8.47. The highest BCUT2D eigenvalue weighted by Crippen LogP contribution is 2.39. The fourth-order valence-corrected chi connectivity index (χ4v) is 6.95. The second-order valence-corrected chi connectivity index (χ2v) is 15.2. The quantitative estimate of drug-likeness (QED) is 0.0824. The van der Waals surface area contributed by atoms with Gasteiger partial charge in [0.15, 0.2) is 11.9 Å². The molecule has 2 aliphatic heterocycles. The number of nitrogens with zero attached hydrogens (tertiary/aromatic N) is 6. The number of hydroxylamine groups is 2. The predicted molar refractivity (Wildman–Crippen MR) is 194 cm³/mol. The summed E-state index contributed by atoms with van der Waals surface area (Å²) < 4.78 is 35.8. The van der Waals surface area contributed by atoms with Crippen molar-refractivity contribution in [2.45, 2.75) is 57.9 Å². The van der Waals surface area contributed by atoms with Crippen LogP contribution in [0.1, 0.15) is 73.9 Å². The SMILES string of the molecule is Cn1c(O)c(/C=C/C=C(\C#N)c2cc[n+]3c(c2)C(C)(C)c2cc(CN(CCCS(=O)(=O)O)C(=O)CCC(=O)ON4C(=O)CCC4=O)ccc2-3)c(=O)n(C)c1=O. The van der Waals surface area contributed by atoms with Crippen molar-refractivity contribution < 1.29 is 46.7 Å². The third-order valence-corrected chi connectivity index (χ3v) is 10.3. The second kappa shape index (κ2) is 15.7. The Morgan fingerprint density at radius 2 is 1.75 bits per heavy atom. The number of rotatable bonds is 13. The average molecular weight is 776 g/mol. The van der Waals surface area contributed by atoms with E-state index in [1.807, 2.05) is 42.8 Å².